The van der Waals surface area contributed by atoms with Gasteiger partial charge < -0.3 is 15.0 Å². The molecule has 1 aliphatic heterocycles. The molecule has 0 bridgehead atoms. The van der Waals surface area contributed by atoms with E-state index >= 15 is 0 Å². The average Bonchev–Trinajstić information content (AvgIpc) is 2.84. The Balaban J connectivity index is 1.51. The Kier molecular flexibility index (Phi) is 5.17. The van der Waals surface area contributed by atoms with Gasteiger partial charge in [0.1, 0.15) is 0 Å². The minimum atomic E-state index is 0.539. The van der Waals surface area contributed by atoms with Crippen LogP contribution in [0.4, 0.5) is 17.3 Å². The summed E-state index contributed by atoms with van der Waals surface area (Å²) in [6.45, 7) is 3.18. The molecule has 0 aliphatic carbocycles. The van der Waals surface area contributed by atoms with Crippen LogP contribution in [0.1, 0.15) is 5.56 Å². The number of terminal acetylenes is 1. The number of benzene rings is 2. The fraction of sp³-hybridized carbons (Fsp3) is 0.160. The van der Waals surface area contributed by atoms with Gasteiger partial charge in [-0.05, 0) is 48.0 Å². The van der Waals surface area contributed by atoms with E-state index < -0.39 is 0 Å². The number of nitrogens with zero attached hydrogens (tertiary/aromatic N) is 4. The molecular weight excluding hydrogens is 386 g/mol. The molecule has 0 saturated carbocycles. The van der Waals surface area contributed by atoms with Crippen molar-refractivity contribution in [3.8, 4) is 23.5 Å². The molecule has 0 amide bonds. The van der Waals surface area contributed by atoms with E-state index in [1.165, 1.54) is 0 Å². The second-order valence-electron chi connectivity index (χ2n) is 7.35. The van der Waals surface area contributed by atoms with Crippen LogP contribution in [-0.4, -0.2) is 41.3 Å². The normalized spacial score (nSPS) is 13.7. The van der Waals surface area contributed by atoms with E-state index in [1.54, 1.807) is 12.4 Å². The maximum atomic E-state index is 5.52. The maximum Gasteiger partial charge on any atom is 0.227 e. The zero-order valence-corrected chi connectivity index (χ0v) is 17.0. The van der Waals surface area contributed by atoms with Gasteiger partial charge in [-0.2, -0.15) is 0 Å². The lowest BCUT2D eigenvalue weighted by Crippen LogP contribution is -2.36. The van der Waals surface area contributed by atoms with Crippen LogP contribution in [-0.2, 0) is 4.74 Å². The molecule has 0 atom stereocenters. The number of hydrogen-bond donors (Lipinski definition) is 1. The Bertz CT molecular complexity index is 1260. The highest BCUT2D eigenvalue weighted by atomic mass is 16.5. The van der Waals surface area contributed by atoms with Gasteiger partial charge in [0.05, 0.1) is 18.7 Å². The number of morpholine rings is 1. The molecule has 1 fully saturated rings. The molecule has 1 aliphatic rings. The maximum absolute atomic E-state index is 5.52. The lowest BCUT2D eigenvalue weighted by molar-refractivity contribution is 0.122. The van der Waals surface area contributed by atoms with Gasteiger partial charge in [0.15, 0.2) is 0 Å². The average molecular weight is 407 g/mol. The van der Waals surface area contributed by atoms with Gasteiger partial charge in [-0.3, -0.25) is 4.98 Å². The Labute approximate surface area is 180 Å². The van der Waals surface area contributed by atoms with Crippen molar-refractivity contribution < 1.29 is 4.74 Å². The molecule has 2 aromatic heterocycles. The number of anilines is 3. The topological polar surface area (TPSA) is 63.2 Å². The molecule has 0 spiro atoms. The van der Waals surface area contributed by atoms with Crippen molar-refractivity contribution in [1.82, 2.24) is 15.0 Å². The van der Waals surface area contributed by atoms with E-state index in [4.69, 9.17) is 11.2 Å². The van der Waals surface area contributed by atoms with E-state index in [0.717, 1.165) is 65.3 Å². The second-order valence-corrected chi connectivity index (χ2v) is 7.35. The fourth-order valence-corrected chi connectivity index (χ4v) is 3.70. The molecule has 2 aromatic carbocycles. The van der Waals surface area contributed by atoms with Crippen LogP contribution in [0, 0.1) is 12.3 Å². The van der Waals surface area contributed by atoms with Gasteiger partial charge in [-0.25, -0.2) is 9.97 Å². The predicted octanol–water partition coefficient (Wildman–Crippen LogP) is 4.25. The summed E-state index contributed by atoms with van der Waals surface area (Å²) in [6.07, 6.45) is 10.9. The molecule has 0 radical (unpaired) electrons. The summed E-state index contributed by atoms with van der Waals surface area (Å²) in [5, 5.41) is 4.29. The lowest BCUT2D eigenvalue weighted by Gasteiger charge is -2.29. The van der Waals surface area contributed by atoms with Crippen molar-refractivity contribution in [3.05, 3.63) is 72.7 Å². The monoisotopic (exact) mass is 407 g/mol. The third kappa shape index (κ3) is 4.18. The first-order valence-electron chi connectivity index (χ1n) is 10.2. The van der Waals surface area contributed by atoms with Gasteiger partial charge in [0.25, 0.3) is 0 Å². The summed E-state index contributed by atoms with van der Waals surface area (Å²) in [5.41, 5.74) is 5.85. The minimum absolute atomic E-state index is 0.539. The highest BCUT2D eigenvalue weighted by molar-refractivity contribution is 5.81. The largest absolute Gasteiger partial charge is 0.378 e. The summed E-state index contributed by atoms with van der Waals surface area (Å²) in [7, 11) is 0. The number of fused-ring (bicyclic) bond motifs is 1. The van der Waals surface area contributed by atoms with E-state index in [1.807, 2.05) is 30.5 Å². The van der Waals surface area contributed by atoms with Gasteiger partial charge in [-0.1, -0.05) is 12.0 Å². The van der Waals surface area contributed by atoms with Crippen LogP contribution in [0.25, 0.3) is 22.0 Å². The molecule has 1 saturated heterocycles. The molecule has 3 heterocycles. The van der Waals surface area contributed by atoms with Gasteiger partial charge >= 0.3 is 0 Å². The molecule has 31 heavy (non-hydrogen) atoms. The number of rotatable bonds is 4. The van der Waals surface area contributed by atoms with Gasteiger partial charge in [-0.15, -0.1) is 6.42 Å². The van der Waals surface area contributed by atoms with Crippen LogP contribution in [0.15, 0.2) is 67.1 Å². The predicted molar refractivity (Wildman–Crippen MR) is 123 cm³/mol. The molecule has 4 aromatic rings. The summed E-state index contributed by atoms with van der Waals surface area (Å²) >= 11 is 0. The summed E-state index contributed by atoms with van der Waals surface area (Å²) < 4.78 is 5.52. The Morgan fingerprint density at radius 3 is 2.71 bits per heavy atom. The minimum Gasteiger partial charge on any atom is -0.378 e. The first-order chi connectivity index (χ1) is 15.3. The number of aromatic nitrogens is 3. The third-order valence-electron chi connectivity index (χ3n) is 5.29. The van der Waals surface area contributed by atoms with E-state index in [9.17, 15) is 0 Å². The number of nitrogens with one attached hydrogen (secondary N) is 1. The molecule has 0 unspecified atom stereocenters. The Hall–Kier alpha value is -3.95. The first kappa shape index (κ1) is 19.0. The SMILES string of the molecule is C#Cc1ccc2nc(Nc3cc(-c4cccnc4)cc(N4CCOCC4)c3)ncc2c1. The van der Waals surface area contributed by atoms with E-state index in [-0.39, 0.29) is 0 Å². The summed E-state index contributed by atoms with van der Waals surface area (Å²) in [5.74, 6) is 3.18. The first-order valence-corrected chi connectivity index (χ1v) is 10.2. The molecule has 152 valence electrons. The summed E-state index contributed by atoms with van der Waals surface area (Å²) in [6, 6.07) is 16.1. The Morgan fingerprint density at radius 2 is 1.90 bits per heavy atom. The van der Waals surface area contributed by atoms with Crippen LogP contribution in [0.2, 0.25) is 0 Å². The lowest BCUT2D eigenvalue weighted by atomic mass is 10.1. The third-order valence-corrected chi connectivity index (χ3v) is 5.29. The van der Waals surface area contributed by atoms with Gasteiger partial charge in [0, 0.05) is 59.6 Å². The zero-order valence-electron chi connectivity index (χ0n) is 17.0. The highest BCUT2D eigenvalue weighted by Crippen LogP contribution is 2.31. The molecule has 6 nitrogen and oxygen atoms in total. The molecule has 6 heteroatoms. The fourth-order valence-electron chi connectivity index (χ4n) is 3.70. The molecular formula is C25H21N5O. The smallest absolute Gasteiger partial charge is 0.227 e. The molecule has 1 N–H and O–H groups in total. The van der Waals surface area contributed by atoms with Crippen LogP contribution >= 0.6 is 0 Å². The van der Waals surface area contributed by atoms with Crippen LogP contribution in [0.3, 0.4) is 0 Å². The van der Waals surface area contributed by atoms with Crippen molar-refractivity contribution in [2.45, 2.75) is 0 Å². The van der Waals surface area contributed by atoms with Crippen molar-refractivity contribution in [1.29, 1.82) is 0 Å². The molecule has 5 rings (SSSR count). The number of hydrogen-bond acceptors (Lipinski definition) is 6. The summed E-state index contributed by atoms with van der Waals surface area (Å²) in [4.78, 5) is 15.7. The van der Waals surface area contributed by atoms with Crippen LogP contribution < -0.4 is 10.2 Å². The van der Waals surface area contributed by atoms with Crippen molar-refractivity contribution >= 4 is 28.2 Å². The zero-order chi connectivity index (χ0) is 21.0. The van der Waals surface area contributed by atoms with Crippen molar-refractivity contribution in [3.63, 3.8) is 0 Å². The number of pyridine rings is 1. The highest BCUT2D eigenvalue weighted by Gasteiger charge is 2.14. The van der Waals surface area contributed by atoms with E-state index in [0.29, 0.717) is 5.95 Å². The van der Waals surface area contributed by atoms with Gasteiger partial charge in [0.2, 0.25) is 5.95 Å². The van der Waals surface area contributed by atoms with E-state index in [2.05, 4.69) is 55.4 Å². The number of ether oxygens (including phenoxy) is 1. The van der Waals surface area contributed by atoms with Crippen LogP contribution in [0.5, 0.6) is 0 Å². The standard InChI is InChI=1S/C25H21N5O/c1-2-18-5-6-24-21(12-18)17-27-25(29-24)28-22-13-20(19-4-3-7-26-16-19)14-23(15-22)30-8-10-31-11-9-30/h1,3-7,12-17H,8-11H2,(H,27,28,29). The second kappa shape index (κ2) is 8.42. The van der Waals surface area contributed by atoms with Crippen molar-refractivity contribution in [2.24, 2.45) is 0 Å². The Morgan fingerprint density at radius 1 is 1.00 bits per heavy atom. The quantitative estimate of drug-likeness (QED) is 0.510. The van der Waals surface area contributed by atoms with Crippen molar-refractivity contribution in [2.75, 3.05) is 36.5 Å².